The van der Waals surface area contributed by atoms with Crippen molar-refractivity contribution in [3.8, 4) is 22.6 Å². The number of aromatic nitrogens is 2. The van der Waals surface area contributed by atoms with Crippen LogP contribution in [0.15, 0.2) is 57.7 Å². The van der Waals surface area contributed by atoms with E-state index in [-0.39, 0.29) is 27.7 Å². The molecule has 4 aromatic rings. The molecule has 0 atom stereocenters. The minimum Gasteiger partial charge on any atom is -0.382 e. The van der Waals surface area contributed by atoms with Gasteiger partial charge in [-0.1, -0.05) is 35.9 Å². The number of halogens is 1. The SMILES string of the molecule is N#Cc1c(-c2cccs2)c(C#N)c(=O)n(/N=C/c2cc3ccccc3nc2Cl)c1N. The van der Waals surface area contributed by atoms with Crippen LogP contribution in [0, 0.1) is 22.7 Å². The van der Waals surface area contributed by atoms with Gasteiger partial charge in [0.1, 0.15) is 34.2 Å². The van der Waals surface area contributed by atoms with E-state index in [1.54, 1.807) is 23.6 Å². The number of para-hydroxylation sites is 1. The number of hydrogen-bond acceptors (Lipinski definition) is 7. The molecule has 0 aliphatic heterocycles. The van der Waals surface area contributed by atoms with Gasteiger partial charge in [0.15, 0.2) is 0 Å². The van der Waals surface area contributed by atoms with Crippen LogP contribution in [0.2, 0.25) is 5.15 Å². The molecule has 0 unspecified atom stereocenters. The van der Waals surface area contributed by atoms with Crippen molar-refractivity contribution in [3.63, 3.8) is 0 Å². The fourth-order valence-electron chi connectivity index (χ4n) is 3.00. The molecule has 9 heteroatoms. The first kappa shape index (κ1) is 19.3. The van der Waals surface area contributed by atoms with E-state index in [4.69, 9.17) is 17.3 Å². The monoisotopic (exact) mass is 430 g/mol. The van der Waals surface area contributed by atoms with Crippen molar-refractivity contribution >= 4 is 45.9 Å². The summed E-state index contributed by atoms with van der Waals surface area (Å²) in [6, 6.07) is 16.5. The van der Waals surface area contributed by atoms with Crippen molar-refractivity contribution in [1.82, 2.24) is 9.66 Å². The molecule has 0 radical (unpaired) electrons. The van der Waals surface area contributed by atoms with Crippen LogP contribution in [0.4, 0.5) is 5.82 Å². The summed E-state index contributed by atoms with van der Waals surface area (Å²) >= 11 is 7.54. The molecule has 0 aliphatic rings. The van der Waals surface area contributed by atoms with Gasteiger partial charge in [0.05, 0.1) is 11.7 Å². The fraction of sp³-hybridized carbons (Fsp3) is 0. The molecule has 0 bridgehead atoms. The van der Waals surface area contributed by atoms with Gasteiger partial charge in [0.25, 0.3) is 5.56 Å². The van der Waals surface area contributed by atoms with Crippen molar-refractivity contribution in [2.75, 3.05) is 5.73 Å². The third-order valence-corrected chi connectivity index (χ3v) is 5.59. The van der Waals surface area contributed by atoms with E-state index in [2.05, 4.69) is 10.1 Å². The highest BCUT2D eigenvalue weighted by Gasteiger charge is 2.22. The van der Waals surface area contributed by atoms with E-state index >= 15 is 0 Å². The average Bonchev–Trinajstić information content (AvgIpc) is 3.28. The Hall–Kier alpha value is -3.98. The highest BCUT2D eigenvalue weighted by Crippen LogP contribution is 2.32. The third-order valence-electron chi connectivity index (χ3n) is 4.40. The summed E-state index contributed by atoms with van der Waals surface area (Å²) in [7, 11) is 0. The lowest BCUT2D eigenvalue weighted by molar-refractivity contribution is 0.841. The first-order valence-corrected chi connectivity index (χ1v) is 9.83. The van der Waals surface area contributed by atoms with Gasteiger partial charge in [-0.25, -0.2) is 4.98 Å². The van der Waals surface area contributed by atoms with E-state index < -0.39 is 5.56 Å². The van der Waals surface area contributed by atoms with Crippen molar-refractivity contribution in [1.29, 1.82) is 10.5 Å². The van der Waals surface area contributed by atoms with Gasteiger partial charge < -0.3 is 5.73 Å². The number of thiophene rings is 1. The molecule has 4 rings (SSSR count). The maximum absolute atomic E-state index is 12.9. The van der Waals surface area contributed by atoms with Crippen molar-refractivity contribution in [3.05, 3.63) is 80.0 Å². The van der Waals surface area contributed by atoms with E-state index in [0.29, 0.717) is 10.4 Å². The Balaban J connectivity index is 1.91. The molecular formula is C21H11ClN6OS. The highest BCUT2D eigenvalue weighted by molar-refractivity contribution is 7.13. The lowest BCUT2D eigenvalue weighted by Crippen LogP contribution is -2.25. The molecule has 0 fully saturated rings. The van der Waals surface area contributed by atoms with Gasteiger partial charge in [0.2, 0.25) is 0 Å². The second-order valence-corrected chi connectivity index (χ2v) is 7.44. The molecule has 0 saturated heterocycles. The van der Waals surface area contributed by atoms with Crippen LogP contribution < -0.4 is 11.3 Å². The van der Waals surface area contributed by atoms with Crippen molar-refractivity contribution in [2.45, 2.75) is 0 Å². The van der Waals surface area contributed by atoms with Crippen LogP contribution in [-0.4, -0.2) is 15.9 Å². The third kappa shape index (κ3) is 3.20. The molecule has 0 spiro atoms. The van der Waals surface area contributed by atoms with Crippen LogP contribution >= 0.6 is 22.9 Å². The molecule has 144 valence electrons. The van der Waals surface area contributed by atoms with E-state index in [1.807, 2.05) is 36.4 Å². The zero-order chi connectivity index (χ0) is 21.3. The summed E-state index contributed by atoms with van der Waals surface area (Å²) in [5.41, 5.74) is 6.56. The summed E-state index contributed by atoms with van der Waals surface area (Å²) in [4.78, 5) is 17.8. The molecule has 0 saturated carbocycles. The molecule has 1 aromatic carbocycles. The number of benzene rings is 1. The van der Waals surface area contributed by atoms with E-state index in [0.717, 1.165) is 15.6 Å². The number of hydrogen-bond donors (Lipinski definition) is 1. The molecule has 2 N–H and O–H groups in total. The Morgan fingerprint density at radius 3 is 2.63 bits per heavy atom. The van der Waals surface area contributed by atoms with Crippen LogP contribution in [0.5, 0.6) is 0 Å². The Kier molecular flexibility index (Phi) is 5.03. The normalized spacial score (nSPS) is 10.9. The number of rotatable bonds is 3. The van der Waals surface area contributed by atoms with Crippen LogP contribution in [0.3, 0.4) is 0 Å². The maximum atomic E-state index is 12.9. The predicted molar refractivity (Wildman–Crippen MR) is 118 cm³/mol. The number of fused-ring (bicyclic) bond motifs is 1. The predicted octanol–water partition coefficient (Wildman–Crippen LogP) is 3.99. The lowest BCUT2D eigenvalue weighted by Gasteiger charge is -2.11. The minimum absolute atomic E-state index is 0.00786. The quantitative estimate of drug-likeness (QED) is 0.389. The number of nitrogens with two attached hydrogens (primary N) is 1. The molecule has 0 aliphatic carbocycles. The van der Waals surface area contributed by atoms with Gasteiger partial charge in [-0.3, -0.25) is 4.79 Å². The number of nitrogens with zero attached hydrogens (tertiary/aromatic N) is 5. The minimum atomic E-state index is -0.724. The van der Waals surface area contributed by atoms with Crippen LogP contribution in [0.1, 0.15) is 16.7 Å². The Morgan fingerprint density at radius 2 is 1.93 bits per heavy atom. The van der Waals surface area contributed by atoms with Crippen LogP contribution in [0.25, 0.3) is 21.3 Å². The molecule has 3 aromatic heterocycles. The zero-order valence-corrected chi connectivity index (χ0v) is 16.8. The second kappa shape index (κ2) is 7.80. The van der Waals surface area contributed by atoms with Gasteiger partial charge in [-0.05, 0) is 23.6 Å². The highest BCUT2D eigenvalue weighted by atomic mass is 35.5. The number of anilines is 1. The summed E-state index contributed by atoms with van der Waals surface area (Å²) in [6.07, 6.45) is 1.33. The summed E-state index contributed by atoms with van der Waals surface area (Å²) in [6.45, 7) is 0. The van der Waals surface area contributed by atoms with Gasteiger partial charge in [-0.15, -0.1) is 11.3 Å². The Bertz CT molecular complexity index is 1460. The molecule has 0 amide bonds. The van der Waals surface area contributed by atoms with E-state index in [1.165, 1.54) is 17.6 Å². The second-order valence-electron chi connectivity index (χ2n) is 6.13. The molecule has 3 heterocycles. The topological polar surface area (TPSA) is 121 Å². The standard InChI is InChI=1S/C21H11ClN6OS/c22-19-13(8-12-4-1-2-5-16(12)27-19)11-26-28-20(25)14(9-23)18(15(10-24)21(28)29)17-6-3-7-30-17/h1-8,11H,25H2/b26-11+. The summed E-state index contributed by atoms with van der Waals surface area (Å²) in [5.74, 6) is -0.161. The number of nitrogen functional groups attached to an aromatic ring is 1. The van der Waals surface area contributed by atoms with E-state index in [9.17, 15) is 15.3 Å². The molecule has 7 nitrogen and oxygen atoms in total. The van der Waals surface area contributed by atoms with Gasteiger partial charge in [0, 0.05) is 21.4 Å². The van der Waals surface area contributed by atoms with Gasteiger partial charge >= 0.3 is 0 Å². The first-order valence-electron chi connectivity index (χ1n) is 8.57. The summed E-state index contributed by atoms with van der Waals surface area (Å²) in [5, 5.41) is 26.2. The van der Waals surface area contributed by atoms with Crippen molar-refractivity contribution < 1.29 is 0 Å². The largest absolute Gasteiger partial charge is 0.382 e. The summed E-state index contributed by atoms with van der Waals surface area (Å²) < 4.78 is 0.833. The lowest BCUT2D eigenvalue weighted by atomic mass is 10.0. The number of pyridine rings is 2. The Morgan fingerprint density at radius 1 is 1.17 bits per heavy atom. The fourth-order valence-corrected chi connectivity index (χ4v) is 3.98. The zero-order valence-electron chi connectivity index (χ0n) is 15.2. The van der Waals surface area contributed by atoms with Crippen LogP contribution in [-0.2, 0) is 0 Å². The molecule has 30 heavy (non-hydrogen) atoms. The average molecular weight is 431 g/mol. The Labute approximate surface area is 179 Å². The smallest absolute Gasteiger partial charge is 0.291 e. The first-order chi connectivity index (χ1) is 14.5. The molecular weight excluding hydrogens is 420 g/mol. The maximum Gasteiger partial charge on any atom is 0.291 e. The van der Waals surface area contributed by atoms with Gasteiger partial charge in [-0.2, -0.15) is 20.3 Å². The van der Waals surface area contributed by atoms with Crippen molar-refractivity contribution in [2.24, 2.45) is 5.10 Å². The number of nitriles is 2.